The first-order valence-electron chi connectivity index (χ1n) is 9.79. The summed E-state index contributed by atoms with van der Waals surface area (Å²) in [6.07, 6.45) is -2.98. The molecule has 0 N–H and O–H groups in total. The molecule has 3 saturated heterocycles. The normalized spacial score (nSPS) is 36.0. The van der Waals surface area contributed by atoms with Crippen LogP contribution in [0.3, 0.4) is 0 Å². The number of carbonyl (C=O) groups excluding carboxylic acids is 1. The smallest absolute Gasteiger partial charge is 0.329 e. The van der Waals surface area contributed by atoms with E-state index in [0.717, 1.165) is 5.56 Å². The van der Waals surface area contributed by atoms with Crippen molar-refractivity contribution in [2.75, 3.05) is 6.61 Å². The Hall–Kier alpha value is -1.22. The van der Waals surface area contributed by atoms with E-state index in [1.54, 1.807) is 13.8 Å². The molecule has 6 atom stereocenters. The molecule has 7 nitrogen and oxygen atoms in total. The van der Waals surface area contributed by atoms with Gasteiger partial charge in [-0.2, -0.15) is 0 Å². The summed E-state index contributed by atoms with van der Waals surface area (Å²) >= 11 is 6.40. The topological polar surface area (TPSA) is 72.5 Å². The highest BCUT2D eigenvalue weighted by Gasteiger charge is 2.60. The fraction of sp³-hybridized carbons (Fsp3) is 0.667. The van der Waals surface area contributed by atoms with E-state index >= 15 is 0 Å². The predicted molar refractivity (Wildman–Crippen MR) is 103 cm³/mol. The molecule has 3 heterocycles. The third-order valence-corrected chi connectivity index (χ3v) is 5.68. The van der Waals surface area contributed by atoms with Gasteiger partial charge in [-0.3, -0.25) is 4.79 Å². The highest BCUT2D eigenvalue weighted by atomic mass is 35.5. The van der Waals surface area contributed by atoms with Crippen molar-refractivity contribution < 1.29 is 33.2 Å². The zero-order valence-corrected chi connectivity index (χ0v) is 18.0. The van der Waals surface area contributed by atoms with Crippen molar-refractivity contribution in [3.8, 4) is 0 Å². The Balaban J connectivity index is 1.52. The average Bonchev–Trinajstić information content (AvgIpc) is 3.25. The lowest BCUT2D eigenvalue weighted by Gasteiger charge is -2.29. The molecule has 1 unspecified atom stereocenters. The second-order valence-electron chi connectivity index (χ2n) is 8.61. The number of esters is 1. The Bertz CT molecular complexity index is 763. The molecule has 0 radical (unpaired) electrons. The molecule has 0 saturated carbocycles. The first kappa shape index (κ1) is 21.0. The summed E-state index contributed by atoms with van der Waals surface area (Å²) in [4.78, 5) is 12.8. The van der Waals surface area contributed by atoms with Gasteiger partial charge in [0.2, 0.25) is 0 Å². The lowest BCUT2D eigenvalue weighted by Crippen LogP contribution is -2.45. The van der Waals surface area contributed by atoms with Gasteiger partial charge in [-0.05, 0) is 40.2 Å². The lowest BCUT2D eigenvalue weighted by molar-refractivity contribution is -0.235. The van der Waals surface area contributed by atoms with Crippen LogP contribution in [0, 0.1) is 6.92 Å². The van der Waals surface area contributed by atoms with Crippen LogP contribution in [-0.2, 0) is 33.2 Å². The number of aryl methyl sites for hydroxylation is 1. The molecule has 3 aliphatic heterocycles. The first-order valence-corrected chi connectivity index (χ1v) is 10.2. The van der Waals surface area contributed by atoms with Gasteiger partial charge in [0, 0.05) is 0 Å². The molecule has 0 amide bonds. The summed E-state index contributed by atoms with van der Waals surface area (Å²) in [7, 11) is 0. The minimum Gasteiger partial charge on any atom is -0.455 e. The van der Waals surface area contributed by atoms with Gasteiger partial charge < -0.3 is 28.4 Å². The molecule has 1 aromatic rings. The molecule has 8 heteroatoms. The Kier molecular flexibility index (Phi) is 5.42. The number of ether oxygens (including phenoxy) is 6. The van der Waals surface area contributed by atoms with E-state index in [-0.39, 0.29) is 0 Å². The van der Waals surface area contributed by atoms with Crippen LogP contribution in [0.2, 0.25) is 0 Å². The minimum atomic E-state index is -0.942. The van der Waals surface area contributed by atoms with Crippen LogP contribution in [0.15, 0.2) is 24.3 Å². The van der Waals surface area contributed by atoms with E-state index < -0.39 is 53.6 Å². The van der Waals surface area contributed by atoms with Crippen molar-refractivity contribution in [1.82, 2.24) is 0 Å². The lowest BCUT2D eigenvalue weighted by atomic mass is 10.1. The van der Waals surface area contributed by atoms with Crippen LogP contribution < -0.4 is 0 Å². The highest BCUT2D eigenvalue weighted by Crippen LogP contribution is 2.42. The van der Waals surface area contributed by atoms with Crippen molar-refractivity contribution in [3.63, 3.8) is 0 Å². The molecule has 29 heavy (non-hydrogen) atoms. The van der Waals surface area contributed by atoms with Crippen LogP contribution >= 0.6 is 11.6 Å². The fourth-order valence-electron chi connectivity index (χ4n) is 3.88. The van der Waals surface area contributed by atoms with E-state index in [9.17, 15) is 4.79 Å². The van der Waals surface area contributed by atoms with Crippen LogP contribution in [-0.4, -0.2) is 54.9 Å². The summed E-state index contributed by atoms with van der Waals surface area (Å²) in [5.41, 5.74) is 1.75. The SMILES string of the molecule is Cc1ccc(C(Cl)C(=O)O[C@@H]2[C@H]3OC(C)(C)O[C@H]3O[C@@H]2[C@H]2COC(C)(C)O2)cc1. The molecule has 0 aromatic heterocycles. The van der Waals surface area contributed by atoms with Gasteiger partial charge in [0.05, 0.1) is 6.61 Å². The Morgan fingerprint density at radius 2 is 1.76 bits per heavy atom. The van der Waals surface area contributed by atoms with E-state index in [2.05, 4.69) is 0 Å². The second-order valence-corrected chi connectivity index (χ2v) is 9.05. The molecule has 4 rings (SSSR count). The highest BCUT2D eigenvalue weighted by molar-refractivity contribution is 6.29. The number of rotatable bonds is 4. The number of halogens is 1. The maximum Gasteiger partial charge on any atom is 0.329 e. The summed E-state index contributed by atoms with van der Waals surface area (Å²) in [5.74, 6) is -2.14. The van der Waals surface area contributed by atoms with Crippen molar-refractivity contribution in [2.24, 2.45) is 0 Å². The molecule has 1 aromatic carbocycles. The summed E-state index contributed by atoms with van der Waals surface area (Å²) in [6, 6.07) is 7.43. The van der Waals surface area contributed by atoms with E-state index in [0.29, 0.717) is 12.2 Å². The van der Waals surface area contributed by atoms with E-state index in [1.165, 1.54) is 0 Å². The van der Waals surface area contributed by atoms with E-state index in [1.807, 2.05) is 45.0 Å². The van der Waals surface area contributed by atoms with Crippen LogP contribution in [0.4, 0.5) is 0 Å². The molecule has 160 valence electrons. The van der Waals surface area contributed by atoms with E-state index in [4.69, 9.17) is 40.0 Å². The standard InChI is InChI=1S/C21H27ClO7/c1-11-6-8-12(9-7-11)14(22)18(23)25-16-15(13-10-24-20(2,3)27-13)26-19-17(16)28-21(4,5)29-19/h6-9,13-17,19H,10H2,1-5H3/t13-,14?,15-,16+,17-,19-/m1/s1. The quantitative estimate of drug-likeness (QED) is 0.540. The molecule has 3 aliphatic rings. The second kappa shape index (κ2) is 7.48. The fourth-order valence-corrected chi connectivity index (χ4v) is 4.08. The molecule has 0 aliphatic carbocycles. The van der Waals surface area contributed by atoms with Gasteiger partial charge >= 0.3 is 5.97 Å². The Labute approximate surface area is 175 Å². The Morgan fingerprint density at radius 3 is 2.38 bits per heavy atom. The van der Waals surface area contributed by atoms with Crippen LogP contribution in [0.25, 0.3) is 0 Å². The number of benzene rings is 1. The van der Waals surface area contributed by atoms with Gasteiger partial charge in [0.15, 0.2) is 35.4 Å². The maximum atomic E-state index is 12.8. The summed E-state index contributed by atoms with van der Waals surface area (Å²) < 4.78 is 35.2. The third kappa shape index (κ3) is 4.31. The van der Waals surface area contributed by atoms with Crippen molar-refractivity contribution in [2.45, 2.75) is 82.3 Å². The molecular weight excluding hydrogens is 400 g/mol. The van der Waals surface area contributed by atoms with Crippen molar-refractivity contribution in [1.29, 1.82) is 0 Å². The van der Waals surface area contributed by atoms with Crippen LogP contribution in [0.1, 0.15) is 44.2 Å². The largest absolute Gasteiger partial charge is 0.455 e. The van der Waals surface area contributed by atoms with Gasteiger partial charge in [0.1, 0.15) is 12.2 Å². The summed E-state index contributed by atoms with van der Waals surface area (Å²) in [5, 5.41) is -0.942. The number of hydrogen-bond acceptors (Lipinski definition) is 7. The van der Waals surface area contributed by atoms with Gasteiger partial charge in [-0.1, -0.05) is 29.8 Å². The van der Waals surface area contributed by atoms with Gasteiger partial charge in [-0.15, -0.1) is 11.6 Å². The Morgan fingerprint density at radius 1 is 1.07 bits per heavy atom. The molecular formula is C21H27ClO7. The number of carbonyl (C=O) groups is 1. The maximum absolute atomic E-state index is 12.8. The monoisotopic (exact) mass is 426 g/mol. The van der Waals surface area contributed by atoms with Gasteiger partial charge in [-0.25, -0.2) is 0 Å². The average molecular weight is 427 g/mol. The van der Waals surface area contributed by atoms with Crippen molar-refractivity contribution in [3.05, 3.63) is 35.4 Å². The van der Waals surface area contributed by atoms with Crippen LogP contribution in [0.5, 0.6) is 0 Å². The first-order chi connectivity index (χ1) is 13.5. The molecule has 3 fully saturated rings. The van der Waals surface area contributed by atoms with Crippen molar-refractivity contribution >= 4 is 17.6 Å². The summed E-state index contributed by atoms with van der Waals surface area (Å²) in [6.45, 7) is 9.51. The zero-order valence-electron chi connectivity index (χ0n) is 17.2. The number of alkyl halides is 1. The number of hydrogen-bond donors (Lipinski definition) is 0. The minimum absolute atomic E-state index is 0.316. The third-order valence-electron chi connectivity index (χ3n) is 5.25. The molecule has 0 spiro atoms. The predicted octanol–water partition coefficient (Wildman–Crippen LogP) is 3.21. The molecule has 0 bridgehead atoms. The van der Waals surface area contributed by atoms with Gasteiger partial charge in [0.25, 0.3) is 0 Å². The zero-order chi connectivity index (χ0) is 21.0. The number of fused-ring (bicyclic) bond motifs is 1.